The lowest BCUT2D eigenvalue weighted by Gasteiger charge is -2.25. The van der Waals surface area contributed by atoms with Crippen molar-refractivity contribution in [1.29, 1.82) is 0 Å². The van der Waals surface area contributed by atoms with Crippen molar-refractivity contribution in [1.82, 2.24) is 20.2 Å². The van der Waals surface area contributed by atoms with Crippen molar-refractivity contribution in [3.05, 3.63) is 30.6 Å². The third kappa shape index (κ3) is 3.80. The molecule has 1 aromatic carbocycles. The topological polar surface area (TPSA) is 98.7 Å². The van der Waals surface area contributed by atoms with Crippen LogP contribution in [0.3, 0.4) is 0 Å². The lowest BCUT2D eigenvalue weighted by molar-refractivity contribution is -0.120. The highest BCUT2D eigenvalue weighted by atomic mass is 35.5. The predicted octanol–water partition coefficient (Wildman–Crippen LogP) is 1.54. The van der Waals surface area contributed by atoms with Gasteiger partial charge in [-0.3, -0.25) is 4.79 Å². The smallest absolute Gasteiger partial charge is 0.227 e. The number of carbonyl (C=O) groups is 1. The van der Waals surface area contributed by atoms with Crippen molar-refractivity contribution in [2.75, 3.05) is 5.32 Å². The molecule has 3 rings (SSSR count). The van der Waals surface area contributed by atoms with Gasteiger partial charge >= 0.3 is 0 Å². The summed E-state index contributed by atoms with van der Waals surface area (Å²) in [6, 6.07) is 7.58. The molecule has 0 saturated heterocycles. The minimum absolute atomic E-state index is 0. The molecule has 1 aliphatic rings. The van der Waals surface area contributed by atoms with Gasteiger partial charge in [-0.1, -0.05) is 12.5 Å². The summed E-state index contributed by atoms with van der Waals surface area (Å²) < 4.78 is 1.55. The van der Waals surface area contributed by atoms with Gasteiger partial charge in [0.1, 0.15) is 6.33 Å². The molecule has 1 saturated carbocycles. The van der Waals surface area contributed by atoms with Gasteiger partial charge in [-0.2, -0.15) is 0 Å². The van der Waals surface area contributed by atoms with Gasteiger partial charge in [-0.05, 0) is 47.9 Å². The molecule has 8 heteroatoms. The highest BCUT2D eigenvalue weighted by Crippen LogP contribution is 2.24. The molecule has 1 aliphatic carbocycles. The van der Waals surface area contributed by atoms with Crippen molar-refractivity contribution in [3.8, 4) is 5.69 Å². The number of tetrazole rings is 1. The minimum Gasteiger partial charge on any atom is -0.328 e. The molecule has 2 atom stereocenters. The third-order valence-corrected chi connectivity index (χ3v) is 3.81. The summed E-state index contributed by atoms with van der Waals surface area (Å²) in [5.41, 5.74) is 7.49. The molecular formula is C14H19ClN6O. The van der Waals surface area contributed by atoms with Gasteiger partial charge in [-0.25, -0.2) is 4.68 Å². The Bertz CT molecular complexity index is 618. The standard InChI is InChI=1S/C14H18N6O.ClH/c15-11-4-1-3-10(7-11)14(21)17-12-5-2-6-13(8-12)20-9-16-18-19-20;/h2,5-6,8-11H,1,3-4,7,15H2,(H,17,21);1H. The van der Waals surface area contributed by atoms with E-state index in [0.717, 1.165) is 37.1 Å². The molecule has 2 unspecified atom stereocenters. The number of nitrogens with one attached hydrogen (secondary N) is 1. The van der Waals surface area contributed by atoms with E-state index in [1.807, 2.05) is 24.3 Å². The van der Waals surface area contributed by atoms with Crippen LogP contribution in [-0.2, 0) is 4.79 Å². The predicted molar refractivity (Wildman–Crippen MR) is 85.0 cm³/mol. The number of benzene rings is 1. The molecular weight excluding hydrogens is 304 g/mol. The Morgan fingerprint density at radius 2 is 2.23 bits per heavy atom. The summed E-state index contributed by atoms with van der Waals surface area (Å²) in [6.07, 6.45) is 5.22. The van der Waals surface area contributed by atoms with E-state index in [0.29, 0.717) is 0 Å². The van der Waals surface area contributed by atoms with Crippen molar-refractivity contribution in [2.45, 2.75) is 31.7 Å². The summed E-state index contributed by atoms with van der Waals surface area (Å²) in [5.74, 6) is 0.0458. The Kier molecular flexibility index (Phi) is 5.46. The molecule has 7 nitrogen and oxygen atoms in total. The third-order valence-electron chi connectivity index (χ3n) is 3.81. The molecule has 1 amide bonds. The van der Waals surface area contributed by atoms with Gasteiger partial charge in [-0.15, -0.1) is 17.5 Å². The fourth-order valence-corrected chi connectivity index (χ4v) is 2.72. The molecule has 3 N–H and O–H groups in total. The quantitative estimate of drug-likeness (QED) is 0.893. The largest absolute Gasteiger partial charge is 0.328 e. The number of anilines is 1. The molecule has 118 valence electrons. The highest BCUT2D eigenvalue weighted by molar-refractivity contribution is 5.92. The number of rotatable bonds is 3. The highest BCUT2D eigenvalue weighted by Gasteiger charge is 2.25. The van der Waals surface area contributed by atoms with E-state index < -0.39 is 0 Å². The van der Waals surface area contributed by atoms with E-state index in [9.17, 15) is 4.79 Å². The minimum atomic E-state index is 0. The number of hydrogen-bond acceptors (Lipinski definition) is 5. The number of nitrogens with two attached hydrogens (primary N) is 1. The molecule has 0 bridgehead atoms. The number of nitrogens with zero attached hydrogens (tertiary/aromatic N) is 4. The Hall–Kier alpha value is -1.99. The second-order valence-corrected chi connectivity index (χ2v) is 5.42. The molecule has 1 heterocycles. The molecule has 22 heavy (non-hydrogen) atoms. The fraction of sp³-hybridized carbons (Fsp3) is 0.429. The monoisotopic (exact) mass is 322 g/mol. The van der Waals surface area contributed by atoms with Crippen LogP contribution in [0.4, 0.5) is 5.69 Å². The van der Waals surface area contributed by atoms with Crippen LogP contribution in [0.1, 0.15) is 25.7 Å². The number of amides is 1. The second-order valence-electron chi connectivity index (χ2n) is 5.42. The fourth-order valence-electron chi connectivity index (χ4n) is 2.72. The van der Waals surface area contributed by atoms with Gasteiger partial charge in [0.05, 0.1) is 5.69 Å². The first-order valence-electron chi connectivity index (χ1n) is 7.12. The first kappa shape index (κ1) is 16.4. The van der Waals surface area contributed by atoms with Gasteiger partial charge in [0.2, 0.25) is 5.91 Å². The van der Waals surface area contributed by atoms with Crippen molar-refractivity contribution in [2.24, 2.45) is 11.7 Å². The van der Waals surface area contributed by atoms with Gasteiger partial charge in [0.15, 0.2) is 0 Å². The Morgan fingerprint density at radius 1 is 1.36 bits per heavy atom. The normalized spacial score (nSPS) is 21.0. The van der Waals surface area contributed by atoms with Crippen molar-refractivity contribution >= 4 is 24.0 Å². The molecule has 0 aliphatic heterocycles. The maximum Gasteiger partial charge on any atom is 0.227 e. The molecule has 2 aromatic rings. The first-order valence-corrected chi connectivity index (χ1v) is 7.12. The van der Waals surface area contributed by atoms with Crippen LogP contribution in [-0.4, -0.2) is 32.2 Å². The first-order chi connectivity index (χ1) is 10.2. The van der Waals surface area contributed by atoms with Gasteiger partial charge < -0.3 is 11.1 Å². The average molecular weight is 323 g/mol. The number of aromatic nitrogens is 4. The SMILES string of the molecule is Cl.NC1CCCC(C(=O)Nc2cccc(-n3cnnn3)c2)C1. The summed E-state index contributed by atoms with van der Waals surface area (Å²) in [6.45, 7) is 0. The van der Waals surface area contributed by atoms with Crippen LogP contribution in [0.15, 0.2) is 30.6 Å². The summed E-state index contributed by atoms with van der Waals surface area (Å²) in [5, 5.41) is 14.0. The van der Waals surface area contributed by atoms with Crippen LogP contribution >= 0.6 is 12.4 Å². The number of carbonyl (C=O) groups excluding carboxylic acids is 1. The van der Waals surface area contributed by atoms with E-state index in [2.05, 4.69) is 20.8 Å². The Morgan fingerprint density at radius 3 is 2.95 bits per heavy atom. The summed E-state index contributed by atoms with van der Waals surface area (Å²) >= 11 is 0. The summed E-state index contributed by atoms with van der Waals surface area (Å²) in [4.78, 5) is 12.3. The summed E-state index contributed by atoms with van der Waals surface area (Å²) in [7, 11) is 0. The van der Waals surface area contributed by atoms with E-state index in [1.165, 1.54) is 6.33 Å². The van der Waals surface area contributed by atoms with Crippen molar-refractivity contribution in [3.63, 3.8) is 0 Å². The zero-order valence-corrected chi connectivity index (χ0v) is 12.9. The lowest BCUT2D eigenvalue weighted by Crippen LogP contribution is -2.34. The zero-order valence-electron chi connectivity index (χ0n) is 12.1. The van der Waals surface area contributed by atoms with E-state index in [1.54, 1.807) is 4.68 Å². The van der Waals surface area contributed by atoms with Crippen LogP contribution in [0.5, 0.6) is 0 Å². The van der Waals surface area contributed by atoms with Gasteiger partial charge in [0.25, 0.3) is 0 Å². The van der Waals surface area contributed by atoms with Crippen LogP contribution in [0.25, 0.3) is 5.69 Å². The van der Waals surface area contributed by atoms with E-state index in [-0.39, 0.29) is 30.3 Å². The van der Waals surface area contributed by atoms with E-state index >= 15 is 0 Å². The Balaban J connectivity index is 0.00000176. The lowest BCUT2D eigenvalue weighted by atomic mass is 9.85. The van der Waals surface area contributed by atoms with Gasteiger partial charge in [0, 0.05) is 17.6 Å². The Labute approximate surface area is 134 Å². The molecule has 1 aromatic heterocycles. The maximum atomic E-state index is 12.3. The van der Waals surface area contributed by atoms with Crippen LogP contribution < -0.4 is 11.1 Å². The maximum absolute atomic E-state index is 12.3. The number of hydrogen-bond donors (Lipinski definition) is 2. The van der Waals surface area contributed by atoms with Crippen LogP contribution in [0.2, 0.25) is 0 Å². The number of halogens is 1. The molecule has 0 radical (unpaired) electrons. The second kappa shape index (κ2) is 7.33. The molecule has 0 spiro atoms. The van der Waals surface area contributed by atoms with E-state index in [4.69, 9.17) is 5.73 Å². The molecule has 1 fully saturated rings. The zero-order chi connectivity index (χ0) is 14.7. The van der Waals surface area contributed by atoms with Crippen molar-refractivity contribution < 1.29 is 4.79 Å². The average Bonchev–Trinajstić information content (AvgIpc) is 3.02. The van der Waals surface area contributed by atoms with Crippen LogP contribution in [0, 0.1) is 5.92 Å².